The molecule has 0 amide bonds. The number of benzene rings is 2. The van der Waals surface area contributed by atoms with Gasteiger partial charge in [-0.2, -0.15) is 4.31 Å². The number of hydrogen-bond acceptors (Lipinski definition) is 5. The van der Waals surface area contributed by atoms with Crippen molar-refractivity contribution in [1.82, 2.24) is 9.29 Å². The summed E-state index contributed by atoms with van der Waals surface area (Å²) in [6.45, 7) is 1.39. The van der Waals surface area contributed by atoms with Crippen molar-refractivity contribution in [3.8, 4) is 0 Å². The van der Waals surface area contributed by atoms with E-state index in [-0.39, 0.29) is 18.0 Å². The number of thiazole rings is 1. The minimum atomic E-state index is -3.76. The molecule has 0 spiro atoms. The van der Waals surface area contributed by atoms with Gasteiger partial charge in [0.05, 0.1) is 10.6 Å². The van der Waals surface area contributed by atoms with Crippen molar-refractivity contribution in [2.45, 2.75) is 11.3 Å². The Balaban J connectivity index is 1.41. The molecule has 1 saturated heterocycles. The fraction of sp³-hybridized carbons (Fsp3) is 0.250. The molecule has 0 atom stereocenters. The van der Waals surface area contributed by atoms with Crippen LogP contribution in [0, 0.1) is 17.5 Å². The van der Waals surface area contributed by atoms with Crippen molar-refractivity contribution in [2.75, 3.05) is 31.1 Å². The van der Waals surface area contributed by atoms with Gasteiger partial charge in [0, 0.05) is 44.0 Å². The highest BCUT2D eigenvalue weighted by molar-refractivity contribution is 7.89. The van der Waals surface area contributed by atoms with Crippen LogP contribution >= 0.6 is 11.3 Å². The van der Waals surface area contributed by atoms with Crippen molar-refractivity contribution in [2.24, 2.45) is 0 Å². The number of nitrogens with zero attached hydrogens (tertiary/aromatic N) is 3. The summed E-state index contributed by atoms with van der Waals surface area (Å²) in [5.41, 5.74) is 1.19. The summed E-state index contributed by atoms with van der Waals surface area (Å²) in [5, 5.41) is 2.55. The van der Waals surface area contributed by atoms with E-state index >= 15 is 0 Å². The van der Waals surface area contributed by atoms with Crippen molar-refractivity contribution >= 4 is 26.5 Å². The predicted octanol–water partition coefficient (Wildman–Crippen LogP) is 3.66. The molecule has 5 nitrogen and oxygen atoms in total. The maximum Gasteiger partial charge on any atom is 0.243 e. The molecule has 2 heterocycles. The lowest BCUT2D eigenvalue weighted by molar-refractivity contribution is 0.384. The van der Waals surface area contributed by atoms with Crippen molar-refractivity contribution < 1.29 is 21.6 Å². The predicted molar refractivity (Wildman–Crippen MR) is 109 cm³/mol. The van der Waals surface area contributed by atoms with E-state index in [1.165, 1.54) is 46.0 Å². The van der Waals surface area contributed by atoms with Crippen molar-refractivity contribution in [1.29, 1.82) is 0 Å². The summed E-state index contributed by atoms with van der Waals surface area (Å²) < 4.78 is 66.9. The molecule has 0 aliphatic carbocycles. The van der Waals surface area contributed by atoms with Crippen molar-refractivity contribution in [3.05, 3.63) is 76.6 Å². The van der Waals surface area contributed by atoms with Crippen LogP contribution in [0.25, 0.3) is 0 Å². The highest BCUT2D eigenvalue weighted by Crippen LogP contribution is 2.25. The van der Waals surface area contributed by atoms with Crippen molar-refractivity contribution in [3.63, 3.8) is 0 Å². The monoisotopic (exact) mass is 453 g/mol. The van der Waals surface area contributed by atoms with Gasteiger partial charge in [0.25, 0.3) is 0 Å². The smallest absolute Gasteiger partial charge is 0.243 e. The largest absolute Gasteiger partial charge is 0.345 e. The first-order valence-corrected chi connectivity index (χ1v) is 11.5. The Bertz CT molecular complexity index is 1140. The first-order chi connectivity index (χ1) is 14.3. The molecule has 1 fully saturated rings. The van der Waals surface area contributed by atoms with Crippen LogP contribution in [0.2, 0.25) is 0 Å². The molecule has 2 aromatic carbocycles. The Hall–Kier alpha value is -2.43. The maximum atomic E-state index is 13.4. The van der Waals surface area contributed by atoms with Gasteiger partial charge in [0.15, 0.2) is 5.13 Å². The lowest BCUT2D eigenvalue weighted by Crippen LogP contribution is -2.48. The van der Waals surface area contributed by atoms with Gasteiger partial charge in [-0.25, -0.2) is 26.6 Å². The second-order valence-electron chi connectivity index (χ2n) is 6.92. The quantitative estimate of drug-likeness (QED) is 0.592. The first-order valence-electron chi connectivity index (χ1n) is 9.21. The molecule has 1 aliphatic heterocycles. The van der Waals surface area contributed by atoms with Gasteiger partial charge in [0.1, 0.15) is 17.5 Å². The standard InChI is InChI=1S/C20H18F3N3O2S2/c21-15-2-1-3-19(12-15)30(27,28)26-6-4-25(5-7-26)20-24-18(13-29-20)10-14-8-16(22)11-17(23)9-14/h1-3,8-9,11-13H,4-7,10H2. The third-order valence-corrected chi connectivity index (χ3v) is 7.64. The maximum absolute atomic E-state index is 13.4. The zero-order valence-electron chi connectivity index (χ0n) is 15.8. The number of halogens is 3. The third-order valence-electron chi connectivity index (χ3n) is 4.79. The Morgan fingerprint density at radius 1 is 0.933 bits per heavy atom. The van der Waals surface area contributed by atoms with Gasteiger partial charge in [-0.3, -0.25) is 0 Å². The Morgan fingerprint density at radius 2 is 1.63 bits per heavy atom. The fourth-order valence-electron chi connectivity index (χ4n) is 3.34. The van der Waals surface area contributed by atoms with E-state index in [0.29, 0.717) is 30.8 Å². The SMILES string of the molecule is O=S(=O)(c1cccc(F)c1)N1CCN(c2nc(Cc3cc(F)cc(F)c3)cs2)CC1. The van der Waals surface area contributed by atoms with E-state index in [9.17, 15) is 21.6 Å². The van der Waals surface area contributed by atoms with Crippen LogP contribution in [0.4, 0.5) is 18.3 Å². The summed E-state index contributed by atoms with van der Waals surface area (Å²) in [6.07, 6.45) is 0.305. The molecule has 1 aliphatic rings. The molecule has 158 valence electrons. The molecule has 10 heteroatoms. The first kappa shape index (κ1) is 20.8. The molecular weight excluding hydrogens is 435 g/mol. The summed E-state index contributed by atoms with van der Waals surface area (Å²) in [5.74, 6) is -1.85. The van der Waals surface area contributed by atoms with Crippen LogP contribution in [-0.2, 0) is 16.4 Å². The molecule has 0 saturated carbocycles. The normalized spacial score (nSPS) is 15.5. The minimum absolute atomic E-state index is 0.0604. The zero-order chi connectivity index (χ0) is 21.3. The number of rotatable bonds is 5. The average molecular weight is 454 g/mol. The summed E-state index contributed by atoms with van der Waals surface area (Å²) in [4.78, 5) is 6.44. The van der Waals surface area contributed by atoms with E-state index in [4.69, 9.17) is 0 Å². The molecule has 0 bridgehead atoms. The Labute approximate surface area is 176 Å². The van der Waals surface area contributed by atoms with Gasteiger partial charge < -0.3 is 4.90 Å². The van der Waals surface area contributed by atoms with Gasteiger partial charge in [0.2, 0.25) is 10.0 Å². The van der Waals surface area contributed by atoms with Gasteiger partial charge in [-0.1, -0.05) is 6.07 Å². The number of sulfonamides is 1. The molecule has 0 unspecified atom stereocenters. The average Bonchev–Trinajstić information content (AvgIpc) is 3.16. The van der Waals surface area contributed by atoms with Crippen LogP contribution in [0.1, 0.15) is 11.3 Å². The van der Waals surface area contributed by atoms with Gasteiger partial charge in [-0.05, 0) is 35.9 Å². The molecule has 3 aromatic rings. The third kappa shape index (κ3) is 4.50. The Morgan fingerprint density at radius 3 is 2.30 bits per heavy atom. The summed E-state index contributed by atoms with van der Waals surface area (Å²) in [7, 11) is -3.76. The lowest BCUT2D eigenvalue weighted by Gasteiger charge is -2.33. The number of aromatic nitrogens is 1. The second-order valence-corrected chi connectivity index (χ2v) is 9.70. The van der Waals surface area contributed by atoms with Gasteiger partial charge in [-0.15, -0.1) is 11.3 Å². The van der Waals surface area contributed by atoms with E-state index in [2.05, 4.69) is 4.98 Å². The highest BCUT2D eigenvalue weighted by atomic mass is 32.2. The fourth-order valence-corrected chi connectivity index (χ4v) is 5.67. The minimum Gasteiger partial charge on any atom is -0.345 e. The molecule has 4 rings (SSSR count). The molecule has 0 radical (unpaired) electrons. The number of anilines is 1. The van der Waals surface area contributed by atoms with Gasteiger partial charge >= 0.3 is 0 Å². The van der Waals surface area contributed by atoms with E-state index in [1.807, 2.05) is 10.3 Å². The van der Waals surface area contributed by atoms with Crippen LogP contribution in [0.3, 0.4) is 0 Å². The molecule has 30 heavy (non-hydrogen) atoms. The number of hydrogen-bond donors (Lipinski definition) is 0. The van der Waals surface area contributed by atoms with Crippen LogP contribution in [-0.4, -0.2) is 43.9 Å². The van der Waals surface area contributed by atoms with E-state index in [1.54, 1.807) is 0 Å². The number of piperazine rings is 1. The van der Waals surface area contributed by atoms with Crippen LogP contribution in [0.15, 0.2) is 52.7 Å². The van der Waals surface area contributed by atoms with Crippen LogP contribution in [0.5, 0.6) is 0 Å². The second kappa shape index (κ2) is 8.37. The Kier molecular flexibility index (Phi) is 5.81. The molecule has 1 aromatic heterocycles. The lowest BCUT2D eigenvalue weighted by atomic mass is 10.1. The molecule has 0 N–H and O–H groups in total. The molecular formula is C20H18F3N3O2S2. The van der Waals surface area contributed by atoms with Crippen LogP contribution < -0.4 is 4.90 Å². The zero-order valence-corrected chi connectivity index (χ0v) is 17.4. The summed E-state index contributed by atoms with van der Waals surface area (Å²) >= 11 is 1.40. The van der Waals surface area contributed by atoms with E-state index in [0.717, 1.165) is 17.3 Å². The summed E-state index contributed by atoms with van der Waals surface area (Å²) in [6, 6.07) is 8.36. The van der Waals surface area contributed by atoms with E-state index < -0.39 is 27.5 Å². The topological polar surface area (TPSA) is 53.5 Å². The highest BCUT2D eigenvalue weighted by Gasteiger charge is 2.29.